The van der Waals surface area contributed by atoms with Crippen LogP contribution in [-0.2, 0) is 49.3 Å². The van der Waals surface area contributed by atoms with E-state index < -0.39 is 21.3 Å². The molecule has 4 aromatic carbocycles. The molecule has 0 heterocycles. The monoisotopic (exact) mass is 780 g/mol. The van der Waals surface area contributed by atoms with E-state index in [4.69, 9.17) is 0 Å². The maximum Gasteiger partial charge on any atom is -1.00 e. The molecule has 50 heavy (non-hydrogen) atoms. The van der Waals surface area contributed by atoms with Crippen molar-refractivity contribution in [3.05, 3.63) is 148 Å². The van der Waals surface area contributed by atoms with E-state index in [-0.39, 0.29) is 46.5 Å². The molecule has 0 bridgehead atoms. The second-order valence-electron chi connectivity index (χ2n) is 18.3. The average molecular weight is 783 g/mol. The van der Waals surface area contributed by atoms with Gasteiger partial charge in [0.1, 0.15) is 0 Å². The Labute approximate surface area is 323 Å². The topological polar surface area (TPSA) is 0 Å². The van der Waals surface area contributed by atoms with Crippen molar-refractivity contribution in [2.45, 2.75) is 115 Å². The van der Waals surface area contributed by atoms with E-state index in [0.717, 1.165) is 6.42 Å². The minimum absolute atomic E-state index is 0. The van der Waals surface area contributed by atoms with E-state index in [1.54, 1.807) is 12.0 Å². The molecule has 4 aromatic rings. The van der Waals surface area contributed by atoms with Gasteiger partial charge in [0.15, 0.2) is 0 Å². The van der Waals surface area contributed by atoms with E-state index in [9.17, 15) is 0 Å². The summed E-state index contributed by atoms with van der Waals surface area (Å²) in [5.74, 6) is 0. The summed E-state index contributed by atoms with van der Waals surface area (Å²) < 4.78 is 3.74. The van der Waals surface area contributed by atoms with Crippen LogP contribution in [-0.4, -0.2) is 3.21 Å². The van der Waals surface area contributed by atoms with Crippen LogP contribution in [0.4, 0.5) is 0 Å². The van der Waals surface area contributed by atoms with E-state index >= 15 is 0 Å². The second-order valence-corrected chi connectivity index (χ2v) is 24.6. The molecule has 0 nitrogen and oxygen atoms in total. The van der Waals surface area contributed by atoms with Gasteiger partial charge in [-0.2, -0.15) is 0 Å². The summed E-state index contributed by atoms with van der Waals surface area (Å²) in [5.41, 5.74) is 14.8. The van der Waals surface area contributed by atoms with Crippen molar-refractivity contribution >= 4 is 6.48 Å². The first-order valence-electron chi connectivity index (χ1n) is 17.9. The zero-order chi connectivity index (χ0) is 34.8. The van der Waals surface area contributed by atoms with Crippen molar-refractivity contribution in [3.63, 3.8) is 0 Å². The fourth-order valence-corrected chi connectivity index (χ4v) is 15.6. The van der Waals surface area contributed by atoms with E-state index in [1.807, 2.05) is 0 Å². The van der Waals surface area contributed by atoms with Crippen molar-refractivity contribution in [1.29, 1.82) is 0 Å². The molecule has 0 amide bonds. The standard InChI is InChI=1S/C21H25.C21H26.C5H5.2ClH.Zr/c1-20(2,3)16-9-7-14-11-15-8-10-17(21(4,5)6)13-19(15)18(14)12-16;1-20(2,3)18-11-7-16(8-12-18)15-17-9-13-19(14-10-17)21(4,5)6;1-2-4-5-3-1;;;/h7,9-10,12-13H,11H2,1-6H3;7-14H,1-6H3;1-5H;2*1H;/q;;;;;+2/p-2. The Hall–Kier alpha value is -2.31. The van der Waals surface area contributed by atoms with Gasteiger partial charge in [0, 0.05) is 0 Å². The van der Waals surface area contributed by atoms with Crippen LogP contribution in [0.3, 0.4) is 0 Å². The van der Waals surface area contributed by atoms with Crippen LogP contribution in [0.2, 0.25) is 3.63 Å². The van der Waals surface area contributed by atoms with Crippen molar-refractivity contribution in [3.8, 4) is 11.1 Å². The third kappa shape index (κ3) is 8.17. The molecule has 6 rings (SSSR count). The molecule has 0 atom stereocenters. The number of halogens is 2. The Balaban J connectivity index is 0.00000281. The van der Waals surface area contributed by atoms with Gasteiger partial charge in [-0.05, 0) is 0 Å². The van der Waals surface area contributed by atoms with Crippen molar-refractivity contribution < 1.29 is 46.1 Å². The normalized spacial score (nSPS) is 14.0. The summed E-state index contributed by atoms with van der Waals surface area (Å²) >= 11 is -2.77. The number of hydrogen-bond donors (Lipinski definition) is 0. The van der Waals surface area contributed by atoms with Crippen LogP contribution in [0.15, 0.2) is 103 Å². The first-order valence-corrected chi connectivity index (χ1v) is 21.8. The third-order valence-corrected chi connectivity index (χ3v) is 18.3. The third-order valence-electron chi connectivity index (χ3n) is 10.5. The fourth-order valence-electron chi connectivity index (χ4n) is 7.27. The number of allylic oxidation sites excluding steroid dienone is 4. The van der Waals surface area contributed by atoms with Gasteiger partial charge >= 0.3 is 301 Å². The Morgan fingerprint density at radius 2 is 0.920 bits per heavy atom. The number of benzene rings is 4. The Morgan fingerprint density at radius 1 is 0.500 bits per heavy atom. The minimum Gasteiger partial charge on any atom is -1.00 e. The molecule has 262 valence electrons. The molecule has 0 radical (unpaired) electrons. The SMILES string of the molecule is CC(C)(C)c1ccc([C](c2ccc(C(C)(C)C)cc2)=[Zr+2]([c]2cc(C(C)(C)C)cc3c2Cc2ccc(C(C)(C)C)cc2-3)[CH]2C=CC=C2)cc1.[Cl-].[Cl-]. The predicted molar refractivity (Wildman–Crippen MR) is 207 cm³/mol. The number of rotatable bonds is 4. The van der Waals surface area contributed by atoms with Gasteiger partial charge in [-0.15, -0.1) is 0 Å². The summed E-state index contributed by atoms with van der Waals surface area (Å²) in [6.45, 7) is 28.1. The van der Waals surface area contributed by atoms with Gasteiger partial charge < -0.3 is 24.8 Å². The molecule has 3 heteroatoms. The zero-order valence-electron chi connectivity index (χ0n) is 32.4. The van der Waals surface area contributed by atoms with Crippen LogP contribution in [0.25, 0.3) is 11.1 Å². The van der Waals surface area contributed by atoms with Crippen LogP contribution in [0.5, 0.6) is 0 Å². The van der Waals surface area contributed by atoms with Gasteiger partial charge in [-0.25, -0.2) is 0 Å². The molecule has 2 aliphatic rings. The van der Waals surface area contributed by atoms with Crippen LogP contribution in [0.1, 0.15) is 128 Å². The number of hydrogen-bond acceptors (Lipinski definition) is 0. The molecular formula is C47H56Cl2Zr. The summed E-state index contributed by atoms with van der Waals surface area (Å²) in [6.07, 6.45) is 10.6. The Morgan fingerprint density at radius 3 is 1.36 bits per heavy atom. The van der Waals surface area contributed by atoms with Crippen molar-refractivity contribution in [1.82, 2.24) is 0 Å². The molecule has 0 unspecified atom stereocenters. The van der Waals surface area contributed by atoms with E-state index in [1.165, 1.54) is 50.1 Å². The molecule has 2 aliphatic carbocycles. The first kappa shape index (κ1) is 40.5. The maximum atomic E-state index is 2.66. The van der Waals surface area contributed by atoms with Gasteiger partial charge in [0.05, 0.1) is 0 Å². The molecular weight excluding hydrogens is 727 g/mol. The second kappa shape index (κ2) is 14.6. The zero-order valence-corrected chi connectivity index (χ0v) is 36.3. The summed E-state index contributed by atoms with van der Waals surface area (Å²) in [7, 11) is 0. The van der Waals surface area contributed by atoms with Crippen LogP contribution >= 0.6 is 0 Å². The van der Waals surface area contributed by atoms with Gasteiger partial charge in [-0.1, -0.05) is 0 Å². The average Bonchev–Trinajstić information content (AvgIpc) is 3.66. The largest absolute Gasteiger partial charge is 1.00 e. The molecule has 0 saturated heterocycles. The summed E-state index contributed by atoms with van der Waals surface area (Å²) in [6, 6.07) is 31.8. The Bertz CT molecular complexity index is 1870. The Kier molecular flexibility index (Phi) is 11.8. The molecule has 0 fully saturated rings. The van der Waals surface area contributed by atoms with Crippen LogP contribution in [0, 0.1) is 0 Å². The van der Waals surface area contributed by atoms with Gasteiger partial charge in [0.25, 0.3) is 0 Å². The minimum atomic E-state index is -2.77. The molecule has 0 saturated carbocycles. The fraction of sp³-hybridized carbons (Fsp3) is 0.383. The van der Waals surface area contributed by atoms with Gasteiger partial charge in [-0.3, -0.25) is 0 Å². The van der Waals surface area contributed by atoms with Crippen molar-refractivity contribution in [2.24, 2.45) is 0 Å². The first-order chi connectivity index (χ1) is 22.3. The van der Waals surface area contributed by atoms with Crippen molar-refractivity contribution in [2.75, 3.05) is 0 Å². The van der Waals surface area contributed by atoms with E-state index in [0.29, 0.717) is 3.63 Å². The smallest absolute Gasteiger partial charge is 1.00 e. The maximum absolute atomic E-state index is 2.77. The number of fused-ring (bicyclic) bond motifs is 3. The quantitative estimate of drug-likeness (QED) is 0.214. The van der Waals surface area contributed by atoms with Crippen LogP contribution < -0.4 is 28.1 Å². The molecule has 0 aromatic heterocycles. The van der Waals surface area contributed by atoms with E-state index in [2.05, 4.69) is 186 Å². The molecule has 0 aliphatic heterocycles. The molecule has 0 N–H and O–H groups in total. The van der Waals surface area contributed by atoms with Gasteiger partial charge in [0.2, 0.25) is 0 Å². The summed E-state index contributed by atoms with van der Waals surface area (Å²) in [4.78, 5) is 0. The molecule has 0 spiro atoms. The summed E-state index contributed by atoms with van der Waals surface area (Å²) in [5, 5.41) is 0. The predicted octanol–water partition coefficient (Wildman–Crippen LogP) is 5.88.